The van der Waals surface area contributed by atoms with Crippen molar-refractivity contribution >= 4 is 53.3 Å². The van der Waals surface area contributed by atoms with Gasteiger partial charge in [0.15, 0.2) is 17.5 Å². The van der Waals surface area contributed by atoms with Crippen LogP contribution in [0.2, 0.25) is 0 Å². The third kappa shape index (κ3) is 5.38. The molecule has 0 saturated heterocycles. The lowest BCUT2D eigenvalue weighted by atomic mass is 10.0. The Labute approximate surface area is 326 Å². The molecule has 0 amide bonds. The van der Waals surface area contributed by atoms with E-state index in [-0.39, 0.29) is 0 Å². The number of fused-ring (bicyclic) bond motifs is 6. The van der Waals surface area contributed by atoms with E-state index in [2.05, 4.69) is 150 Å². The number of pyridine rings is 1. The highest BCUT2D eigenvalue weighted by Gasteiger charge is 2.20. The van der Waals surface area contributed by atoms with E-state index in [9.17, 15) is 0 Å². The molecule has 0 saturated carbocycles. The number of hydrogen-bond donors (Lipinski definition) is 0. The summed E-state index contributed by atoms with van der Waals surface area (Å²) in [6, 6.07) is 63.6. The van der Waals surface area contributed by atoms with E-state index in [1.54, 1.807) is 0 Å². The van der Waals surface area contributed by atoms with Crippen LogP contribution in [0.15, 0.2) is 188 Å². The van der Waals surface area contributed by atoms with Crippen molar-refractivity contribution in [1.82, 2.24) is 24.5 Å². The first-order valence-electron chi connectivity index (χ1n) is 18.6. The van der Waals surface area contributed by atoms with Gasteiger partial charge in [-0.25, -0.2) is 15.0 Å². The van der Waals surface area contributed by atoms with Crippen LogP contribution in [0, 0.1) is 0 Å². The van der Waals surface area contributed by atoms with E-state index >= 15 is 0 Å². The van der Waals surface area contributed by atoms with Crippen LogP contribution in [-0.4, -0.2) is 24.5 Å². The first-order chi connectivity index (χ1) is 27.8. The smallest absolute Gasteiger partial charge is 0.165 e. The Hall–Kier alpha value is -7.28. The van der Waals surface area contributed by atoms with Gasteiger partial charge in [0.05, 0.1) is 22.4 Å². The molecule has 0 unspecified atom stereocenters. The Morgan fingerprint density at radius 3 is 1.66 bits per heavy atom. The van der Waals surface area contributed by atoms with Crippen LogP contribution in [0.4, 0.5) is 0 Å². The quantitative estimate of drug-likeness (QED) is 0.171. The summed E-state index contributed by atoms with van der Waals surface area (Å²) in [5.41, 5.74) is 10.0. The predicted molar refractivity (Wildman–Crippen MR) is 232 cm³/mol. The number of rotatable bonds is 6. The molecule has 0 aliphatic carbocycles. The second-order valence-electron chi connectivity index (χ2n) is 13.9. The molecule has 11 aromatic rings. The summed E-state index contributed by atoms with van der Waals surface area (Å²) in [5, 5.41) is 4.93. The molecule has 56 heavy (non-hydrogen) atoms. The lowest BCUT2D eigenvalue weighted by Gasteiger charge is -2.15. The highest BCUT2D eigenvalue weighted by Crippen LogP contribution is 2.41. The molecular weight excluding hydrogens is 703 g/mol. The van der Waals surface area contributed by atoms with Crippen LogP contribution in [0.25, 0.3) is 104 Å². The van der Waals surface area contributed by atoms with Crippen molar-refractivity contribution in [2.24, 2.45) is 0 Å². The maximum absolute atomic E-state index is 5.21. The van der Waals surface area contributed by atoms with Crippen LogP contribution in [0.1, 0.15) is 0 Å². The second-order valence-corrected chi connectivity index (χ2v) is 14.9. The first-order valence-corrected chi connectivity index (χ1v) is 19.5. The van der Waals surface area contributed by atoms with Gasteiger partial charge < -0.3 is 4.57 Å². The third-order valence-corrected chi connectivity index (χ3v) is 11.7. The van der Waals surface area contributed by atoms with Crippen molar-refractivity contribution < 1.29 is 0 Å². The predicted octanol–water partition coefficient (Wildman–Crippen LogP) is 13.1. The lowest BCUT2D eigenvalue weighted by Crippen LogP contribution is -2.03. The van der Waals surface area contributed by atoms with E-state index in [0.717, 1.165) is 50.2 Å². The molecule has 0 aliphatic rings. The van der Waals surface area contributed by atoms with Crippen LogP contribution in [0.3, 0.4) is 0 Å². The Balaban J connectivity index is 1.12. The molecule has 4 aromatic heterocycles. The highest BCUT2D eigenvalue weighted by molar-refractivity contribution is 7.26. The Morgan fingerprint density at radius 2 is 0.929 bits per heavy atom. The zero-order valence-electron chi connectivity index (χ0n) is 30.0. The van der Waals surface area contributed by atoms with Gasteiger partial charge in [-0.15, -0.1) is 11.3 Å². The van der Waals surface area contributed by atoms with E-state index in [1.807, 2.05) is 53.9 Å². The maximum atomic E-state index is 5.21. The molecule has 0 fully saturated rings. The van der Waals surface area contributed by atoms with Crippen LogP contribution in [0.5, 0.6) is 0 Å². The fraction of sp³-hybridized carbons (Fsp3) is 0. The summed E-state index contributed by atoms with van der Waals surface area (Å²) in [6.45, 7) is 0. The standard InChI is InChI=1S/C50H31N5S/c1-3-15-32(16-4-1)46-44(55-42-26-10-7-21-38(42)39-22-8-11-27-43(39)55)30-36(31-51-46)50-53-48(33-17-5-2-6-18-33)52-49(54-50)35-20-13-19-34(29-35)37-24-14-25-41-40-23-9-12-28-45(40)56-47(37)41/h1-31H. The van der Waals surface area contributed by atoms with Crippen molar-refractivity contribution in [3.05, 3.63) is 188 Å². The molecule has 4 heterocycles. The average Bonchev–Trinajstić information content (AvgIpc) is 3.83. The molecule has 0 atom stereocenters. The van der Waals surface area contributed by atoms with Gasteiger partial charge in [0, 0.05) is 59.4 Å². The van der Waals surface area contributed by atoms with Gasteiger partial charge in [0.25, 0.3) is 0 Å². The summed E-state index contributed by atoms with van der Waals surface area (Å²) in [4.78, 5) is 20.6. The minimum Gasteiger partial charge on any atom is -0.307 e. The van der Waals surface area contributed by atoms with Crippen LogP contribution < -0.4 is 0 Å². The molecule has 6 heteroatoms. The summed E-state index contributed by atoms with van der Waals surface area (Å²) in [6.07, 6.45) is 1.90. The zero-order chi connectivity index (χ0) is 37.0. The molecular formula is C50H31N5S. The SMILES string of the molecule is c1ccc(-c2nc(-c3cccc(-c4cccc5c4sc4ccccc45)c3)nc(-c3cnc(-c4ccccc4)c(-n4c5ccccc5c5ccccc54)c3)n2)cc1. The topological polar surface area (TPSA) is 56.5 Å². The van der Waals surface area contributed by atoms with E-state index in [4.69, 9.17) is 19.9 Å². The molecule has 5 nitrogen and oxygen atoms in total. The maximum Gasteiger partial charge on any atom is 0.165 e. The van der Waals surface area contributed by atoms with Gasteiger partial charge in [-0.05, 0) is 41.5 Å². The van der Waals surface area contributed by atoms with Gasteiger partial charge in [0.1, 0.15) is 0 Å². The Bertz CT molecular complexity index is 3200. The van der Waals surface area contributed by atoms with E-state index in [1.165, 1.54) is 36.5 Å². The molecule has 0 N–H and O–H groups in total. The van der Waals surface area contributed by atoms with E-state index in [0.29, 0.717) is 17.5 Å². The monoisotopic (exact) mass is 733 g/mol. The summed E-state index contributed by atoms with van der Waals surface area (Å²) in [5.74, 6) is 1.76. The van der Waals surface area contributed by atoms with Gasteiger partial charge in [-0.2, -0.15) is 0 Å². The Morgan fingerprint density at radius 1 is 0.393 bits per heavy atom. The van der Waals surface area contributed by atoms with Crippen molar-refractivity contribution in [2.45, 2.75) is 0 Å². The number of aromatic nitrogens is 5. The van der Waals surface area contributed by atoms with Crippen LogP contribution in [-0.2, 0) is 0 Å². The van der Waals surface area contributed by atoms with Crippen LogP contribution >= 0.6 is 11.3 Å². The van der Waals surface area contributed by atoms with Crippen molar-refractivity contribution in [3.8, 4) is 62.2 Å². The van der Waals surface area contributed by atoms with Crippen molar-refractivity contribution in [1.29, 1.82) is 0 Å². The summed E-state index contributed by atoms with van der Waals surface area (Å²) < 4.78 is 4.88. The molecule has 0 aliphatic heterocycles. The minimum atomic E-state index is 0.556. The molecule has 7 aromatic carbocycles. The van der Waals surface area contributed by atoms with E-state index < -0.39 is 0 Å². The summed E-state index contributed by atoms with van der Waals surface area (Å²) in [7, 11) is 0. The number of nitrogens with zero attached hydrogens (tertiary/aromatic N) is 5. The number of para-hydroxylation sites is 2. The number of thiophene rings is 1. The van der Waals surface area contributed by atoms with Gasteiger partial charge >= 0.3 is 0 Å². The molecule has 0 radical (unpaired) electrons. The van der Waals surface area contributed by atoms with Gasteiger partial charge in [0.2, 0.25) is 0 Å². The lowest BCUT2D eigenvalue weighted by molar-refractivity contribution is 1.06. The van der Waals surface area contributed by atoms with Crippen molar-refractivity contribution in [3.63, 3.8) is 0 Å². The first kappa shape index (κ1) is 32.2. The average molecular weight is 734 g/mol. The number of benzene rings is 7. The van der Waals surface area contributed by atoms with Gasteiger partial charge in [-0.1, -0.05) is 152 Å². The molecule has 11 rings (SSSR count). The second kappa shape index (κ2) is 13.2. The normalized spacial score (nSPS) is 11.6. The third-order valence-electron chi connectivity index (χ3n) is 10.5. The highest BCUT2D eigenvalue weighted by atomic mass is 32.1. The minimum absolute atomic E-state index is 0.556. The molecule has 0 spiro atoms. The molecule has 0 bridgehead atoms. The number of hydrogen-bond acceptors (Lipinski definition) is 5. The van der Waals surface area contributed by atoms with Gasteiger partial charge in [-0.3, -0.25) is 4.98 Å². The fourth-order valence-electron chi connectivity index (χ4n) is 7.90. The zero-order valence-corrected chi connectivity index (χ0v) is 30.9. The molecule has 262 valence electrons. The fourth-order valence-corrected chi connectivity index (χ4v) is 9.14. The largest absolute Gasteiger partial charge is 0.307 e. The summed E-state index contributed by atoms with van der Waals surface area (Å²) >= 11 is 1.83. The Kier molecular flexibility index (Phi) is 7.60. The van der Waals surface area contributed by atoms with Crippen molar-refractivity contribution in [2.75, 3.05) is 0 Å².